The lowest BCUT2D eigenvalue weighted by molar-refractivity contribution is -0.0801. The second-order valence-electron chi connectivity index (χ2n) is 7.45. The first-order chi connectivity index (χ1) is 15.1. The zero-order chi connectivity index (χ0) is 23.0. The number of carbonyl (C=O) groups is 1. The molecule has 1 aromatic heterocycles. The SMILES string of the molecule is Nc1nc2c(c(-c3c(Cl)cc(Cl)cc3OC/C=C/C(F)(F)F)n1)CN(C(=O)NC1CC1)C2. The van der Waals surface area contributed by atoms with Crippen molar-refractivity contribution in [1.82, 2.24) is 20.2 Å². The molecular weight excluding hydrogens is 470 g/mol. The molecule has 4 rings (SSSR count). The number of nitrogens with two attached hydrogens (primary N) is 1. The molecule has 1 fully saturated rings. The first-order valence-corrected chi connectivity index (χ1v) is 10.4. The van der Waals surface area contributed by atoms with Crippen molar-refractivity contribution in [1.29, 1.82) is 0 Å². The molecule has 2 amide bonds. The van der Waals surface area contributed by atoms with Gasteiger partial charge in [0.25, 0.3) is 0 Å². The number of fused-ring (bicyclic) bond motifs is 1. The van der Waals surface area contributed by atoms with Crippen molar-refractivity contribution in [2.75, 3.05) is 12.3 Å². The van der Waals surface area contributed by atoms with Crippen molar-refractivity contribution in [3.8, 4) is 17.0 Å². The van der Waals surface area contributed by atoms with Crippen molar-refractivity contribution < 1.29 is 22.7 Å². The van der Waals surface area contributed by atoms with Gasteiger partial charge in [0.2, 0.25) is 5.95 Å². The summed E-state index contributed by atoms with van der Waals surface area (Å²) in [5.74, 6) is 0.104. The van der Waals surface area contributed by atoms with Gasteiger partial charge in [-0.3, -0.25) is 0 Å². The molecule has 3 N–H and O–H groups in total. The van der Waals surface area contributed by atoms with Crippen LogP contribution in [0.4, 0.5) is 23.9 Å². The zero-order valence-corrected chi connectivity index (χ0v) is 18.1. The quantitative estimate of drug-likeness (QED) is 0.595. The number of alkyl halides is 3. The van der Waals surface area contributed by atoms with Crippen LogP contribution in [0.25, 0.3) is 11.3 Å². The van der Waals surface area contributed by atoms with Gasteiger partial charge in [-0.05, 0) is 31.1 Å². The van der Waals surface area contributed by atoms with Crippen molar-refractivity contribution in [3.05, 3.63) is 45.6 Å². The molecule has 7 nitrogen and oxygen atoms in total. The molecule has 12 heteroatoms. The number of nitrogens with zero attached hydrogens (tertiary/aromatic N) is 3. The summed E-state index contributed by atoms with van der Waals surface area (Å²) in [6, 6.07) is 2.87. The minimum absolute atomic E-state index is 0.0304. The Bertz CT molecular complexity index is 1090. The van der Waals surface area contributed by atoms with Crippen LogP contribution in [-0.2, 0) is 13.1 Å². The van der Waals surface area contributed by atoms with Gasteiger partial charge in [-0.15, -0.1) is 0 Å². The van der Waals surface area contributed by atoms with Crippen LogP contribution < -0.4 is 15.8 Å². The maximum atomic E-state index is 12.5. The number of halogens is 5. The lowest BCUT2D eigenvalue weighted by Crippen LogP contribution is -2.37. The molecule has 0 saturated heterocycles. The van der Waals surface area contributed by atoms with E-state index in [2.05, 4.69) is 15.3 Å². The monoisotopic (exact) mass is 487 g/mol. The van der Waals surface area contributed by atoms with Crippen LogP contribution in [0.1, 0.15) is 24.1 Å². The Morgan fingerprint density at radius 2 is 2.03 bits per heavy atom. The highest BCUT2D eigenvalue weighted by Crippen LogP contribution is 2.42. The molecule has 0 radical (unpaired) electrons. The summed E-state index contributed by atoms with van der Waals surface area (Å²) in [4.78, 5) is 22.6. The van der Waals surface area contributed by atoms with Gasteiger partial charge in [0.15, 0.2) is 0 Å². The van der Waals surface area contributed by atoms with E-state index in [0.717, 1.165) is 18.9 Å². The number of rotatable bonds is 5. The molecule has 0 bridgehead atoms. The number of aromatic nitrogens is 2. The van der Waals surface area contributed by atoms with Gasteiger partial charge < -0.3 is 20.7 Å². The molecule has 0 unspecified atom stereocenters. The van der Waals surface area contributed by atoms with E-state index >= 15 is 0 Å². The Labute approximate surface area is 191 Å². The standard InChI is InChI=1S/C20H18Cl2F3N5O2/c21-10-6-13(22)16(15(7-10)32-5-1-4-20(23,24)25)17-12-8-30(19(31)27-11-2-3-11)9-14(12)28-18(26)29-17/h1,4,6-7,11H,2-3,5,8-9H2,(H,27,31)(H2,26,28,29)/b4-1+. The van der Waals surface area contributed by atoms with Gasteiger partial charge in [-0.1, -0.05) is 23.2 Å². The van der Waals surface area contributed by atoms with E-state index in [4.69, 9.17) is 33.7 Å². The number of hydrogen-bond donors (Lipinski definition) is 2. The number of anilines is 1. The maximum Gasteiger partial charge on any atom is 0.409 e. The van der Waals surface area contributed by atoms with Crippen LogP contribution in [0.3, 0.4) is 0 Å². The average Bonchev–Trinajstić information content (AvgIpc) is 3.39. The summed E-state index contributed by atoms with van der Waals surface area (Å²) in [5, 5.41) is 3.33. The number of amides is 2. The van der Waals surface area contributed by atoms with E-state index in [0.29, 0.717) is 22.5 Å². The summed E-state index contributed by atoms with van der Waals surface area (Å²) in [6.45, 7) is 0.0844. The summed E-state index contributed by atoms with van der Waals surface area (Å²) < 4.78 is 42.7. The maximum absolute atomic E-state index is 12.5. The molecule has 1 aromatic carbocycles. The van der Waals surface area contributed by atoms with E-state index in [1.54, 1.807) is 4.90 Å². The number of ether oxygens (including phenoxy) is 1. The number of allylic oxidation sites excluding steroid dienone is 1. The number of benzene rings is 1. The van der Waals surface area contributed by atoms with E-state index < -0.39 is 6.18 Å². The Morgan fingerprint density at radius 1 is 1.28 bits per heavy atom. The van der Waals surface area contributed by atoms with Gasteiger partial charge in [-0.25, -0.2) is 14.8 Å². The van der Waals surface area contributed by atoms with E-state index in [9.17, 15) is 18.0 Å². The van der Waals surface area contributed by atoms with Crippen LogP contribution in [0, 0.1) is 0 Å². The lowest BCUT2D eigenvalue weighted by Gasteiger charge is -2.17. The molecule has 0 spiro atoms. The predicted octanol–water partition coefficient (Wildman–Crippen LogP) is 4.72. The fourth-order valence-electron chi connectivity index (χ4n) is 3.33. The third-order valence-corrected chi connectivity index (χ3v) is 5.41. The molecule has 1 aliphatic carbocycles. The lowest BCUT2D eigenvalue weighted by atomic mass is 10.0. The zero-order valence-electron chi connectivity index (χ0n) is 16.5. The van der Waals surface area contributed by atoms with Gasteiger partial charge in [0, 0.05) is 22.7 Å². The number of carbonyl (C=O) groups excluding carboxylic acids is 1. The molecule has 2 heterocycles. The first-order valence-electron chi connectivity index (χ1n) is 9.68. The highest BCUT2D eigenvalue weighted by molar-refractivity contribution is 6.37. The van der Waals surface area contributed by atoms with E-state index in [-0.39, 0.29) is 59.6 Å². The van der Waals surface area contributed by atoms with Crippen LogP contribution in [0.5, 0.6) is 5.75 Å². The summed E-state index contributed by atoms with van der Waals surface area (Å²) in [6.07, 6.45) is -1.63. The largest absolute Gasteiger partial charge is 0.489 e. The number of nitrogens with one attached hydrogen (secondary N) is 1. The van der Waals surface area contributed by atoms with Crippen LogP contribution in [-0.4, -0.2) is 39.7 Å². The van der Waals surface area contributed by atoms with Crippen LogP contribution in [0.15, 0.2) is 24.3 Å². The number of hydrogen-bond acceptors (Lipinski definition) is 5. The Kier molecular flexibility index (Phi) is 6.09. The highest BCUT2D eigenvalue weighted by Gasteiger charge is 2.33. The molecule has 32 heavy (non-hydrogen) atoms. The van der Waals surface area contributed by atoms with Gasteiger partial charge in [-0.2, -0.15) is 13.2 Å². The Hall–Kier alpha value is -2.72. The summed E-state index contributed by atoms with van der Waals surface area (Å²) >= 11 is 12.5. The Balaban J connectivity index is 1.67. The van der Waals surface area contributed by atoms with E-state index in [1.807, 2.05) is 0 Å². The van der Waals surface area contributed by atoms with Gasteiger partial charge in [0.1, 0.15) is 12.4 Å². The molecule has 1 saturated carbocycles. The number of nitrogen functional groups attached to an aromatic ring is 1. The third-order valence-electron chi connectivity index (χ3n) is 4.89. The molecule has 2 aliphatic rings. The van der Waals surface area contributed by atoms with Crippen LogP contribution in [0.2, 0.25) is 10.0 Å². The minimum atomic E-state index is -4.45. The fourth-order valence-corrected chi connectivity index (χ4v) is 3.90. The normalized spacial score (nSPS) is 15.8. The molecule has 170 valence electrons. The topological polar surface area (TPSA) is 93.4 Å². The highest BCUT2D eigenvalue weighted by atomic mass is 35.5. The third kappa shape index (κ3) is 5.18. The predicted molar refractivity (Wildman–Crippen MR) is 113 cm³/mol. The molecular formula is C20H18Cl2F3N5O2. The minimum Gasteiger partial charge on any atom is -0.489 e. The average molecular weight is 488 g/mol. The smallest absolute Gasteiger partial charge is 0.409 e. The molecule has 2 aromatic rings. The van der Waals surface area contributed by atoms with E-state index in [1.165, 1.54) is 12.1 Å². The van der Waals surface area contributed by atoms with Gasteiger partial charge in [0.05, 0.1) is 35.1 Å². The second-order valence-corrected chi connectivity index (χ2v) is 8.29. The first kappa shape index (κ1) is 22.5. The second kappa shape index (κ2) is 8.67. The fraction of sp³-hybridized carbons (Fsp3) is 0.350. The van der Waals surface area contributed by atoms with Crippen LogP contribution >= 0.6 is 23.2 Å². The van der Waals surface area contributed by atoms with Gasteiger partial charge >= 0.3 is 12.2 Å². The number of urea groups is 1. The summed E-state index contributed by atoms with van der Waals surface area (Å²) in [7, 11) is 0. The Morgan fingerprint density at radius 3 is 2.72 bits per heavy atom. The van der Waals surface area contributed by atoms with Crippen molar-refractivity contribution in [2.45, 2.75) is 38.1 Å². The molecule has 1 aliphatic heterocycles. The van der Waals surface area contributed by atoms with Crippen molar-refractivity contribution >= 4 is 35.2 Å². The van der Waals surface area contributed by atoms with Crippen molar-refractivity contribution in [3.63, 3.8) is 0 Å². The summed E-state index contributed by atoms with van der Waals surface area (Å²) in [5.41, 5.74) is 7.74. The van der Waals surface area contributed by atoms with Crippen molar-refractivity contribution in [2.24, 2.45) is 0 Å². The molecule has 0 atom stereocenters.